The molecule has 0 unspecified atom stereocenters. The van der Waals surface area contributed by atoms with E-state index in [4.69, 9.17) is 0 Å². The molecule has 1 amide bonds. The molecule has 0 spiro atoms. The lowest BCUT2D eigenvalue weighted by Crippen LogP contribution is -2.49. The zero-order valence-corrected chi connectivity index (χ0v) is 16.0. The van der Waals surface area contributed by atoms with Crippen molar-refractivity contribution >= 4 is 21.7 Å². The monoisotopic (exact) mass is 418 g/mol. The number of aromatic nitrogens is 2. The van der Waals surface area contributed by atoms with Crippen LogP contribution in [0.5, 0.6) is 0 Å². The van der Waals surface area contributed by atoms with Crippen LogP contribution in [-0.2, 0) is 16.0 Å². The van der Waals surface area contributed by atoms with Gasteiger partial charge >= 0.3 is 6.18 Å². The molecule has 4 heterocycles. The highest BCUT2D eigenvalue weighted by molar-refractivity contribution is 7.91. The van der Waals surface area contributed by atoms with Crippen molar-refractivity contribution < 1.29 is 26.4 Å². The molecule has 7 nitrogen and oxygen atoms in total. The van der Waals surface area contributed by atoms with Crippen molar-refractivity contribution in [3.05, 3.63) is 17.5 Å². The Labute approximate surface area is 160 Å². The SMILES string of the molecule is O=C(c1cnc(N2CC3CCC2CC3)nc1C(F)(F)F)N1CCS(=O)(=O)CC1. The fraction of sp³-hybridized carbons (Fsp3) is 0.706. The van der Waals surface area contributed by atoms with Crippen LogP contribution in [0.3, 0.4) is 0 Å². The number of nitrogens with zero attached hydrogens (tertiary/aromatic N) is 4. The third-order valence-electron chi connectivity index (χ3n) is 5.88. The van der Waals surface area contributed by atoms with Crippen LogP contribution in [0.1, 0.15) is 41.7 Å². The van der Waals surface area contributed by atoms with E-state index < -0.39 is 33.2 Å². The molecule has 4 aliphatic rings. The molecule has 154 valence electrons. The van der Waals surface area contributed by atoms with Gasteiger partial charge in [0.25, 0.3) is 5.91 Å². The largest absolute Gasteiger partial charge is 0.434 e. The summed E-state index contributed by atoms with van der Waals surface area (Å²) in [7, 11) is -3.25. The molecule has 1 aromatic rings. The minimum atomic E-state index is -4.81. The molecule has 4 fully saturated rings. The number of halogens is 3. The number of fused-ring (bicyclic) bond motifs is 3. The fourth-order valence-corrected chi connectivity index (χ4v) is 5.48. The van der Waals surface area contributed by atoms with Gasteiger partial charge in [-0.05, 0) is 31.6 Å². The third kappa shape index (κ3) is 3.68. The number of sulfone groups is 1. The second-order valence-corrected chi connectivity index (χ2v) is 10.0. The average Bonchev–Trinajstić information content (AvgIpc) is 2.67. The Hall–Kier alpha value is -1.91. The first-order valence-electron chi connectivity index (χ1n) is 9.34. The fourth-order valence-electron chi connectivity index (χ4n) is 4.28. The molecular weight excluding hydrogens is 397 g/mol. The number of carbonyl (C=O) groups is 1. The number of carbonyl (C=O) groups excluding carboxylic acids is 1. The highest BCUT2D eigenvalue weighted by Crippen LogP contribution is 2.38. The molecule has 11 heteroatoms. The topological polar surface area (TPSA) is 83.5 Å². The zero-order valence-electron chi connectivity index (χ0n) is 15.2. The highest BCUT2D eigenvalue weighted by atomic mass is 32.2. The minimum absolute atomic E-state index is 0.0134. The van der Waals surface area contributed by atoms with Crippen LogP contribution in [0.25, 0.3) is 0 Å². The second kappa shape index (κ2) is 6.85. The van der Waals surface area contributed by atoms with Gasteiger partial charge in [0.05, 0.1) is 17.1 Å². The molecule has 0 atom stereocenters. The normalized spacial score (nSPS) is 27.1. The molecule has 3 aliphatic heterocycles. The lowest BCUT2D eigenvalue weighted by atomic mass is 9.80. The Bertz CT molecular complexity index is 868. The minimum Gasteiger partial charge on any atom is -0.338 e. The van der Waals surface area contributed by atoms with E-state index in [-0.39, 0.29) is 36.6 Å². The van der Waals surface area contributed by atoms with E-state index in [0.717, 1.165) is 36.8 Å². The Morgan fingerprint density at radius 2 is 1.75 bits per heavy atom. The maximum atomic E-state index is 13.7. The molecule has 1 aliphatic carbocycles. The lowest BCUT2D eigenvalue weighted by molar-refractivity contribution is -0.141. The van der Waals surface area contributed by atoms with Gasteiger partial charge in [0.15, 0.2) is 15.5 Å². The van der Waals surface area contributed by atoms with Crippen LogP contribution < -0.4 is 4.90 Å². The van der Waals surface area contributed by atoms with Gasteiger partial charge in [0.1, 0.15) is 0 Å². The molecule has 0 aromatic carbocycles. The van der Waals surface area contributed by atoms with Crippen molar-refractivity contribution in [1.82, 2.24) is 14.9 Å². The van der Waals surface area contributed by atoms with E-state index in [1.165, 1.54) is 0 Å². The van der Waals surface area contributed by atoms with Crippen molar-refractivity contribution in [2.75, 3.05) is 36.0 Å². The van der Waals surface area contributed by atoms with Crippen LogP contribution >= 0.6 is 0 Å². The molecule has 28 heavy (non-hydrogen) atoms. The van der Waals surface area contributed by atoms with Crippen LogP contribution in [0.4, 0.5) is 19.1 Å². The smallest absolute Gasteiger partial charge is 0.338 e. The Balaban J connectivity index is 1.63. The summed E-state index contributed by atoms with van der Waals surface area (Å²) >= 11 is 0. The number of alkyl halides is 3. The zero-order chi connectivity index (χ0) is 20.1. The molecule has 3 saturated heterocycles. The van der Waals surface area contributed by atoms with Gasteiger partial charge in [0, 0.05) is 31.9 Å². The maximum Gasteiger partial charge on any atom is 0.434 e. The van der Waals surface area contributed by atoms with Gasteiger partial charge in [-0.15, -0.1) is 0 Å². The summed E-state index contributed by atoms with van der Waals surface area (Å²) in [5.41, 5.74) is -1.88. The Morgan fingerprint density at radius 3 is 2.29 bits per heavy atom. The number of rotatable bonds is 2. The van der Waals surface area contributed by atoms with Crippen molar-refractivity contribution in [1.29, 1.82) is 0 Å². The summed E-state index contributed by atoms with van der Waals surface area (Å²) in [5.74, 6) is -0.931. The summed E-state index contributed by atoms with van der Waals surface area (Å²) in [6.07, 6.45) is 0.109. The van der Waals surface area contributed by atoms with Gasteiger partial charge in [0.2, 0.25) is 5.95 Å². The quantitative estimate of drug-likeness (QED) is 0.728. The average molecular weight is 418 g/mol. The van der Waals surface area contributed by atoms with Crippen molar-refractivity contribution in [3.8, 4) is 0 Å². The van der Waals surface area contributed by atoms with Gasteiger partial charge in [-0.25, -0.2) is 18.4 Å². The summed E-state index contributed by atoms with van der Waals surface area (Å²) in [5, 5.41) is 0. The molecule has 5 rings (SSSR count). The number of anilines is 1. The van der Waals surface area contributed by atoms with Gasteiger partial charge in [-0.3, -0.25) is 4.79 Å². The van der Waals surface area contributed by atoms with E-state index in [1.807, 2.05) is 4.90 Å². The van der Waals surface area contributed by atoms with Crippen molar-refractivity contribution in [2.24, 2.45) is 5.92 Å². The molecule has 1 saturated carbocycles. The van der Waals surface area contributed by atoms with E-state index in [1.54, 1.807) is 0 Å². The van der Waals surface area contributed by atoms with E-state index >= 15 is 0 Å². The summed E-state index contributed by atoms with van der Waals surface area (Å²) < 4.78 is 64.0. The first kappa shape index (κ1) is 19.4. The van der Waals surface area contributed by atoms with Gasteiger partial charge < -0.3 is 9.80 Å². The molecule has 0 N–H and O–H groups in total. The van der Waals surface area contributed by atoms with E-state index in [9.17, 15) is 26.4 Å². The van der Waals surface area contributed by atoms with Crippen molar-refractivity contribution in [2.45, 2.75) is 37.9 Å². The first-order chi connectivity index (χ1) is 13.1. The number of piperidine rings is 2. The standard InChI is InChI=1S/C17H21F3N4O3S/c18-17(19,20)14-13(15(25)23-5-7-28(26,27)8-6-23)9-21-16(22-14)24-10-11-1-3-12(24)4-2-11/h9,11-12H,1-8,10H2. The summed E-state index contributed by atoms with van der Waals surface area (Å²) in [4.78, 5) is 23.4. The van der Waals surface area contributed by atoms with Crippen LogP contribution in [0.15, 0.2) is 6.20 Å². The van der Waals surface area contributed by atoms with Crippen LogP contribution in [0, 0.1) is 5.92 Å². The molecule has 2 bridgehead atoms. The first-order valence-corrected chi connectivity index (χ1v) is 11.2. The Kier molecular flexibility index (Phi) is 4.75. The number of hydrogen-bond acceptors (Lipinski definition) is 6. The molecule has 0 radical (unpaired) electrons. The highest BCUT2D eigenvalue weighted by Gasteiger charge is 2.41. The van der Waals surface area contributed by atoms with Crippen LogP contribution in [-0.4, -0.2) is 66.4 Å². The number of amides is 1. The van der Waals surface area contributed by atoms with Crippen molar-refractivity contribution in [3.63, 3.8) is 0 Å². The van der Waals surface area contributed by atoms with E-state index in [2.05, 4.69) is 9.97 Å². The predicted molar refractivity (Wildman–Crippen MR) is 94.7 cm³/mol. The summed E-state index contributed by atoms with van der Waals surface area (Å²) in [6, 6.07) is 0.139. The lowest BCUT2D eigenvalue weighted by Gasteiger charge is -2.45. The van der Waals surface area contributed by atoms with Gasteiger partial charge in [-0.1, -0.05) is 0 Å². The third-order valence-corrected chi connectivity index (χ3v) is 7.48. The maximum absolute atomic E-state index is 13.7. The van der Waals surface area contributed by atoms with Gasteiger partial charge in [-0.2, -0.15) is 13.2 Å². The number of hydrogen-bond donors (Lipinski definition) is 0. The molecular formula is C17H21F3N4O3S. The second-order valence-electron chi connectivity index (χ2n) is 7.70. The predicted octanol–water partition coefficient (Wildman–Crippen LogP) is 1.74. The van der Waals surface area contributed by atoms with E-state index in [0.29, 0.717) is 12.5 Å². The summed E-state index contributed by atoms with van der Waals surface area (Å²) in [6.45, 7) is 0.380. The Morgan fingerprint density at radius 1 is 1.11 bits per heavy atom. The molecule has 1 aromatic heterocycles. The van der Waals surface area contributed by atoms with Crippen LogP contribution in [0.2, 0.25) is 0 Å².